The minimum atomic E-state index is -0.286. The first-order valence-electron chi connectivity index (χ1n) is 7.40. The molecule has 0 spiro atoms. The summed E-state index contributed by atoms with van der Waals surface area (Å²) >= 11 is 5.92. The van der Waals surface area contributed by atoms with Gasteiger partial charge in [-0.15, -0.1) is 0 Å². The van der Waals surface area contributed by atoms with Crippen LogP contribution >= 0.6 is 11.6 Å². The molecule has 2 aromatic carbocycles. The van der Waals surface area contributed by atoms with E-state index in [1.807, 2.05) is 38.1 Å². The van der Waals surface area contributed by atoms with Gasteiger partial charge in [-0.3, -0.25) is 4.79 Å². The molecule has 0 aliphatic carbocycles. The summed E-state index contributed by atoms with van der Waals surface area (Å²) in [4.78, 5) is 12.1. The van der Waals surface area contributed by atoms with Gasteiger partial charge in [-0.05, 0) is 54.8 Å². The molecule has 0 saturated carbocycles. The lowest BCUT2D eigenvalue weighted by Crippen LogP contribution is -2.07. The van der Waals surface area contributed by atoms with Crippen molar-refractivity contribution >= 4 is 28.5 Å². The summed E-state index contributed by atoms with van der Waals surface area (Å²) < 4.78 is 10.9. The number of fused-ring (bicyclic) bond motifs is 1. The minimum absolute atomic E-state index is 0.191. The Balaban J connectivity index is 1.69. The molecule has 0 radical (unpaired) electrons. The van der Waals surface area contributed by atoms with E-state index < -0.39 is 0 Å². The number of furan rings is 1. The maximum absolute atomic E-state index is 12.1. The van der Waals surface area contributed by atoms with E-state index in [1.54, 1.807) is 18.4 Å². The van der Waals surface area contributed by atoms with Crippen LogP contribution in [0.15, 0.2) is 47.1 Å². The molecule has 1 aromatic heterocycles. The third-order valence-corrected chi connectivity index (χ3v) is 4.13. The van der Waals surface area contributed by atoms with Crippen molar-refractivity contribution < 1.29 is 13.9 Å². The van der Waals surface area contributed by atoms with E-state index in [-0.39, 0.29) is 19.0 Å². The Bertz CT molecular complexity index is 864. The van der Waals surface area contributed by atoms with Crippen molar-refractivity contribution in [3.8, 4) is 0 Å². The SMILES string of the molecule is Cc1cc2occ(CC(=O)OCc3cccc(Cl)c3)c2cc1C. The zero-order valence-electron chi connectivity index (χ0n) is 13.1. The van der Waals surface area contributed by atoms with E-state index in [0.29, 0.717) is 5.02 Å². The minimum Gasteiger partial charge on any atom is -0.464 e. The number of ether oxygens (including phenoxy) is 1. The second kappa shape index (κ2) is 6.47. The van der Waals surface area contributed by atoms with Crippen molar-refractivity contribution in [1.82, 2.24) is 0 Å². The van der Waals surface area contributed by atoms with Gasteiger partial charge in [0.2, 0.25) is 0 Å². The predicted molar refractivity (Wildman–Crippen MR) is 90.6 cm³/mol. The maximum Gasteiger partial charge on any atom is 0.310 e. The number of rotatable bonds is 4. The van der Waals surface area contributed by atoms with Gasteiger partial charge in [0.05, 0.1) is 12.7 Å². The second-order valence-corrected chi connectivity index (χ2v) is 6.10. The van der Waals surface area contributed by atoms with E-state index >= 15 is 0 Å². The number of carbonyl (C=O) groups excluding carboxylic acids is 1. The molecule has 0 unspecified atom stereocenters. The fourth-order valence-corrected chi connectivity index (χ4v) is 2.68. The van der Waals surface area contributed by atoms with E-state index in [0.717, 1.165) is 22.1 Å². The Labute approximate surface area is 139 Å². The van der Waals surface area contributed by atoms with Crippen LogP contribution < -0.4 is 0 Å². The molecule has 118 valence electrons. The maximum atomic E-state index is 12.1. The van der Waals surface area contributed by atoms with Crippen LogP contribution in [0, 0.1) is 13.8 Å². The topological polar surface area (TPSA) is 39.4 Å². The highest BCUT2D eigenvalue weighted by atomic mass is 35.5. The van der Waals surface area contributed by atoms with Crippen molar-refractivity contribution in [3.05, 3.63) is 69.9 Å². The Morgan fingerprint density at radius 1 is 1.17 bits per heavy atom. The summed E-state index contributed by atoms with van der Waals surface area (Å²) in [5, 5.41) is 1.60. The van der Waals surface area contributed by atoms with Crippen LogP contribution in [0.3, 0.4) is 0 Å². The van der Waals surface area contributed by atoms with Crippen LogP contribution in [0.5, 0.6) is 0 Å². The Morgan fingerprint density at radius 2 is 1.96 bits per heavy atom. The van der Waals surface area contributed by atoms with Crippen molar-refractivity contribution in [1.29, 1.82) is 0 Å². The molecule has 3 rings (SSSR count). The lowest BCUT2D eigenvalue weighted by atomic mass is 10.0. The fourth-order valence-electron chi connectivity index (χ4n) is 2.47. The van der Waals surface area contributed by atoms with Crippen LogP contribution in [0.25, 0.3) is 11.0 Å². The van der Waals surface area contributed by atoms with Crippen molar-refractivity contribution in [3.63, 3.8) is 0 Å². The first kappa shape index (κ1) is 15.6. The number of benzene rings is 2. The third-order valence-electron chi connectivity index (χ3n) is 3.89. The van der Waals surface area contributed by atoms with Gasteiger partial charge in [-0.2, -0.15) is 0 Å². The van der Waals surface area contributed by atoms with Gasteiger partial charge in [0.15, 0.2) is 0 Å². The van der Waals surface area contributed by atoms with Gasteiger partial charge in [0.25, 0.3) is 0 Å². The molecule has 23 heavy (non-hydrogen) atoms. The average Bonchev–Trinajstić information content (AvgIpc) is 2.88. The van der Waals surface area contributed by atoms with Crippen LogP contribution in [0.1, 0.15) is 22.3 Å². The monoisotopic (exact) mass is 328 g/mol. The summed E-state index contributed by atoms with van der Waals surface area (Å²) in [5.74, 6) is -0.286. The summed E-state index contributed by atoms with van der Waals surface area (Å²) in [5.41, 5.74) is 4.86. The van der Waals surface area contributed by atoms with Gasteiger partial charge in [0.1, 0.15) is 12.2 Å². The largest absolute Gasteiger partial charge is 0.464 e. The van der Waals surface area contributed by atoms with Crippen molar-refractivity contribution in [2.75, 3.05) is 0 Å². The smallest absolute Gasteiger partial charge is 0.310 e. The number of hydrogen-bond acceptors (Lipinski definition) is 3. The molecule has 0 fully saturated rings. The molecule has 3 nitrogen and oxygen atoms in total. The Kier molecular flexibility index (Phi) is 4.39. The zero-order valence-corrected chi connectivity index (χ0v) is 13.8. The standard InChI is InChI=1S/C19H17ClO3/c1-12-6-17-15(11-22-18(17)7-13(12)2)9-19(21)23-10-14-4-3-5-16(20)8-14/h3-8,11H,9-10H2,1-2H3. The number of aryl methyl sites for hydroxylation is 2. The molecule has 0 amide bonds. The molecule has 1 heterocycles. The lowest BCUT2D eigenvalue weighted by molar-refractivity contribution is -0.144. The molecule has 3 aromatic rings. The van der Waals surface area contributed by atoms with Gasteiger partial charge < -0.3 is 9.15 Å². The number of carbonyl (C=O) groups is 1. The zero-order chi connectivity index (χ0) is 16.4. The summed E-state index contributed by atoms with van der Waals surface area (Å²) in [6.07, 6.45) is 1.82. The Hall–Kier alpha value is -2.26. The first-order valence-corrected chi connectivity index (χ1v) is 7.78. The molecule has 0 saturated heterocycles. The van der Waals surface area contributed by atoms with E-state index in [2.05, 4.69) is 0 Å². The second-order valence-electron chi connectivity index (χ2n) is 5.66. The number of hydrogen-bond donors (Lipinski definition) is 0. The highest BCUT2D eigenvalue weighted by Gasteiger charge is 2.12. The van der Waals surface area contributed by atoms with Crippen LogP contribution in [0.4, 0.5) is 0 Å². The molecule has 0 aliphatic rings. The molecule has 0 N–H and O–H groups in total. The van der Waals surface area contributed by atoms with Crippen molar-refractivity contribution in [2.24, 2.45) is 0 Å². The number of esters is 1. The molecule has 4 heteroatoms. The normalized spacial score (nSPS) is 10.9. The lowest BCUT2D eigenvalue weighted by Gasteiger charge is -2.05. The summed E-state index contributed by atoms with van der Waals surface area (Å²) in [6, 6.07) is 11.3. The van der Waals surface area contributed by atoms with Gasteiger partial charge in [-0.25, -0.2) is 0 Å². The van der Waals surface area contributed by atoms with Gasteiger partial charge in [0, 0.05) is 16.0 Å². The van der Waals surface area contributed by atoms with E-state index in [9.17, 15) is 4.79 Å². The molecule has 0 aliphatic heterocycles. The molecular formula is C19H17ClO3. The first-order chi connectivity index (χ1) is 11.0. The molecular weight excluding hydrogens is 312 g/mol. The average molecular weight is 329 g/mol. The third kappa shape index (κ3) is 3.57. The highest BCUT2D eigenvalue weighted by molar-refractivity contribution is 6.30. The van der Waals surface area contributed by atoms with Crippen molar-refractivity contribution in [2.45, 2.75) is 26.9 Å². The Morgan fingerprint density at radius 3 is 2.74 bits per heavy atom. The van der Waals surface area contributed by atoms with Crippen LogP contribution in [-0.2, 0) is 22.6 Å². The van der Waals surface area contributed by atoms with E-state index in [4.69, 9.17) is 20.8 Å². The summed E-state index contributed by atoms with van der Waals surface area (Å²) in [7, 11) is 0. The molecule has 0 bridgehead atoms. The predicted octanol–water partition coefficient (Wildman–Crippen LogP) is 4.99. The summed E-state index contributed by atoms with van der Waals surface area (Å²) in [6.45, 7) is 4.30. The molecule has 0 atom stereocenters. The van der Waals surface area contributed by atoms with Crippen LogP contribution in [-0.4, -0.2) is 5.97 Å². The highest BCUT2D eigenvalue weighted by Crippen LogP contribution is 2.25. The van der Waals surface area contributed by atoms with E-state index in [1.165, 1.54) is 11.1 Å². The fraction of sp³-hybridized carbons (Fsp3) is 0.211. The quantitative estimate of drug-likeness (QED) is 0.633. The van der Waals surface area contributed by atoms with Gasteiger partial charge >= 0.3 is 5.97 Å². The van der Waals surface area contributed by atoms with Crippen LogP contribution in [0.2, 0.25) is 5.02 Å². The number of halogens is 1. The van der Waals surface area contributed by atoms with Gasteiger partial charge in [-0.1, -0.05) is 23.7 Å².